The maximum absolute atomic E-state index is 5.24. The lowest BCUT2D eigenvalue weighted by atomic mass is 10.2. The van der Waals surface area contributed by atoms with Crippen molar-refractivity contribution in [3.8, 4) is 0 Å². The van der Waals surface area contributed by atoms with Crippen LogP contribution in [0, 0.1) is 13.8 Å². The van der Waals surface area contributed by atoms with E-state index in [1.807, 2.05) is 19.9 Å². The second-order valence-corrected chi connectivity index (χ2v) is 6.48. The lowest BCUT2D eigenvalue weighted by Gasteiger charge is -2.22. The van der Waals surface area contributed by atoms with Crippen LogP contribution in [0.4, 0.5) is 0 Å². The van der Waals surface area contributed by atoms with Gasteiger partial charge >= 0.3 is 0 Å². The maximum atomic E-state index is 5.24. The molecule has 0 unspecified atom stereocenters. The summed E-state index contributed by atoms with van der Waals surface area (Å²) in [4.78, 5) is 7.03. The average Bonchev–Trinajstić information content (AvgIpc) is 3.04. The zero-order chi connectivity index (χ0) is 15.0. The van der Waals surface area contributed by atoms with Crippen molar-refractivity contribution in [2.75, 3.05) is 7.05 Å². The Balaban J connectivity index is 1.82. The van der Waals surface area contributed by atoms with Crippen LogP contribution in [0.3, 0.4) is 0 Å². The Labute approximate surface area is 128 Å². The zero-order valence-corrected chi connectivity index (χ0v) is 13.6. The summed E-state index contributed by atoms with van der Waals surface area (Å²) in [6.45, 7) is 6.96. The molecule has 0 saturated carbocycles. The molecule has 0 N–H and O–H groups in total. The van der Waals surface area contributed by atoms with Crippen molar-refractivity contribution in [2.45, 2.75) is 33.4 Å². The first kappa shape index (κ1) is 14.2. The Bertz CT molecular complexity index is 709. The first-order valence-electron chi connectivity index (χ1n) is 7.03. The van der Waals surface area contributed by atoms with Gasteiger partial charge in [0.05, 0.1) is 22.0 Å². The van der Waals surface area contributed by atoms with Crippen molar-refractivity contribution in [3.05, 3.63) is 46.3 Å². The molecule has 110 valence electrons. The lowest BCUT2D eigenvalue weighted by molar-refractivity contribution is 0.250. The molecule has 0 aliphatic rings. The van der Waals surface area contributed by atoms with E-state index < -0.39 is 0 Å². The van der Waals surface area contributed by atoms with E-state index in [-0.39, 0.29) is 6.04 Å². The van der Waals surface area contributed by atoms with Crippen molar-refractivity contribution in [1.82, 2.24) is 15.0 Å². The van der Waals surface area contributed by atoms with Gasteiger partial charge in [0, 0.05) is 12.1 Å². The SMILES string of the molecule is Cc1noc(C)c1CN(C)[C@H](C)c1nc2ccccc2s1. The van der Waals surface area contributed by atoms with Crippen molar-refractivity contribution in [1.29, 1.82) is 0 Å². The molecule has 3 aromatic rings. The van der Waals surface area contributed by atoms with E-state index in [1.165, 1.54) is 10.3 Å². The molecule has 0 fully saturated rings. The summed E-state index contributed by atoms with van der Waals surface area (Å²) in [7, 11) is 2.11. The molecule has 0 aliphatic carbocycles. The Morgan fingerprint density at radius 1 is 1.29 bits per heavy atom. The highest BCUT2D eigenvalue weighted by atomic mass is 32.1. The van der Waals surface area contributed by atoms with Gasteiger partial charge in [0.15, 0.2) is 0 Å². The number of hydrogen-bond acceptors (Lipinski definition) is 5. The highest BCUT2D eigenvalue weighted by Gasteiger charge is 2.19. The third kappa shape index (κ3) is 2.71. The Kier molecular flexibility index (Phi) is 3.78. The number of rotatable bonds is 4. The number of hydrogen-bond donors (Lipinski definition) is 0. The second kappa shape index (κ2) is 5.58. The molecule has 0 bridgehead atoms. The van der Waals surface area contributed by atoms with E-state index >= 15 is 0 Å². The standard InChI is InChI=1S/C16H19N3OS/c1-10-13(12(3)20-18-10)9-19(4)11(2)16-17-14-7-5-6-8-15(14)21-16/h5-8,11H,9H2,1-4H3/t11-/m1/s1. The quantitative estimate of drug-likeness (QED) is 0.728. The number of fused-ring (bicyclic) bond motifs is 1. The normalized spacial score (nSPS) is 13.2. The van der Waals surface area contributed by atoms with Gasteiger partial charge in [-0.3, -0.25) is 4.90 Å². The topological polar surface area (TPSA) is 42.2 Å². The number of thiazole rings is 1. The van der Waals surface area contributed by atoms with Crippen molar-refractivity contribution < 1.29 is 4.52 Å². The molecule has 5 heteroatoms. The van der Waals surface area contributed by atoms with Crippen LogP contribution in [0.25, 0.3) is 10.2 Å². The van der Waals surface area contributed by atoms with Gasteiger partial charge in [-0.25, -0.2) is 4.98 Å². The smallest absolute Gasteiger partial charge is 0.138 e. The van der Waals surface area contributed by atoms with Crippen LogP contribution in [0.5, 0.6) is 0 Å². The van der Waals surface area contributed by atoms with E-state index in [1.54, 1.807) is 11.3 Å². The molecule has 1 aromatic carbocycles. The van der Waals surface area contributed by atoms with E-state index in [0.29, 0.717) is 0 Å². The van der Waals surface area contributed by atoms with Crippen molar-refractivity contribution in [2.24, 2.45) is 0 Å². The monoisotopic (exact) mass is 301 g/mol. The van der Waals surface area contributed by atoms with Gasteiger partial charge in [-0.2, -0.15) is 0 Å². The van der Waals surface area contributed by atoms with E-state index in [9.17, 15) is 0 Å². The first-order chi connectivity index (χ1) is 10.1. The molecule has 2 aromatic heterocycles. The third-order valence-corrected chi connectivity index (χ3v) is 5.12. The molecule has 0 saturated heterocycles. The first-order valence-corrected chi connectivity index (χ1v) is 7.85. The predicted molar refractivity (Wildman–Crippen MR) is 85.5 cm³/mol. The van der Waals surface area contributed by atoms with Gasteiger partial charge in [-0.05, 0) is 40.0 Å². The van der Waals surface area contributed by atoms with Crippen LogP contribution >= 0.6 is 11.3 Å². The number of aryl methyl sites for hydroxylation is 2. The number of aromatic nitrogens is 2. The minimum atomic E-state index is 0.260. The van der Waals surface area contributed by atoms with E-state index in [2.05, 4.69) is 42.2 Å². The molecule has 0 aliphatic heterocycles. The lowest BCUT2D eigenvalue weighted by Crippen LogP contribution is -2.22. The Morgan fingerprint density at radius 2 is 2.05 bits per heavy atom. The molecule has 0 spiro atoms. The second-order valence-electron chi connectivity index (χ2n) is 5.41. The molecule has 0 radical (unpaired) electrons. The van der Waals surface area contributed by atoms with Gasteiger partial charge in [0.1, 0.15) is 10.8 Å². The van der Waals surface area contributed by atoms with E-state index in [0.717, 1.165) is 28.5 Å². The average molecular weight is 301 g/mol. The van der Waals surface area contributed by atoms with Crippen molar-refractivity contribution >= 4 is 21.6 Å². The fraction of sp³-hybridized carbons (Fsp3) is 0.375. The minimum absolute atomic E-state index is 0.260. The summed E-state index contributed by atoms with van der Waals surface area (Å²) < 4.78 is 6.48. The van der Waals surface area contributed by atoms with Crippen molar-refractivity contribution in [3.63, 3.8) is 0 Å². The summed E-state index contributed by atoms with van der Waals surface area (Å²) in [6.07, 6.45) is 0. The van der Waals surface area contributed by atoms with Crippen LogP contribution in [-0.4, -0.2) is 22.1 Å². The molecule has 2 heterocycles. The largest absolute Gasteiger partial charge is 0.361 e. The molecular formula is C16H19N3OS. The zero-order valence-electron chi connectivity index (χ0n) is 12.8. The number of benzene rings is 1. The predicted octanol–water partition coefficient (Wildman–Crippen LogP) is 4.09. The fourth-order valence-corrected chi connectivity index (χ4v) is 3.46. The van der Waals surface area contributed by atoms with Gasteiger partial charge in [-0.15, -0.1) is 11.3 Å². The third-order valence-electron chi connectivity index (χ3n) is 3.92. The molecule has 4 nitrogen and oxygen atoms in total. The van der Waals surface area contributed by atoms with Gasteiger partial charge in [-0.1, -0.05) is 17.3 Å². The molecule has 1 atom stereocenters. The highest BCUT2D eigenvalue weighted by Crippen LogP contribution is 2.30. The maximum Gasteiger partial charge on any atom is 0.138 e. The van der Waals surface area contributed by atoms with E-state index in [4.69, 9.17) is 9.51 Å². The summed E-state index contributed by atoms with van der Waals surface area (Å²) in [6, 6.07) is 8.54. The van der Waals surface area contributed by atoms with Gasteiger partial charge in [0.2, 0.25) is 0 Å². The Hall–Kier alpha value is -1.72. The van der Waals surface area contributed by atoms with Crippen LogP contribution < -0.4 is 0 Å². The van der Waals surface area contributed by atoms with Gasteiger partial charge < -0.3 is 4.52 Å². The van der Waals surface area contributed by atoms with Crippen LogP contribution in [0.2, 0.25) is 0 Å². The summed E-state index contributed by atoms with van der Waals surface area (Å²) in [5.41, 5.74) is 3.22. The summed E-state index contributed by atoms with van der Waals surface area (Å²) >= 11 is 1.76. The van der Waals surface area contributed by atoms with Crippen LogP contribution in [0.15, 0.2) is 28.8 Å². The molecule has 3 rings (SSSR count). The summed E-state index contributed by atoms with van der Waals surface area (Å²) in [5, 5.41) is 5.17. The molecular weight excluding hydrogens is 282 g/mol. The number of nitrogens with zero attached hydrogens (tertiary/aromatic N) is 3. The highest BCUT2D eigenvalue weighted by molar-refractivity contribution is 7.18. The van der Waals surface area contributed by atoms with Gasteiger partial charge in [0.25, 0.3) is 0 Å². The number of para-hydroxylation sites is 1. The molecule has 21 heavy (non-hydrogen) atoms. The van der Waals surface area contributed by atoms with Crippen LogP contribution in [0.1, 0.15) is 35.0 Å². The summed E-state index contributed by atoms with van der Waals surface area (Å²) in [5.74, 6) is 0.899. The molecule has 0 amide bonds. The fourth-order valence-electron chi connectivity index (χ4n) is 2.37. The minimum Gasteiger partial charge on any atom is -0.361 e. The van der Waals surface area contributed by atoms with Crippen LogP contribution in [-0.2, 0) is 6.54 Å². The Morgan fingerprint density at radius 3 is 2.71 bits per heavy atom.